The molecule has 1 heteroatoms. The number of hydrogen-bond donors (Lipinski definition) is 0. The molecular formula is C21H43O. The topological polar surface area (TPSA) is 19.9 Å². The minimum absolute atomic E-state index is 0.295. The molecule has 0 aromatic heterocycles. The second-order valence-electron chi connectivity index (χ2n) is 7.20. The first-order valence-electron chi connectivity index (χ1n) is 10.4. The predicted molar refractivity (Wildman–Crippen MR) is 98.9 cm³/mol. The van der Waals surface area contributed by atoms with Gasteiger partial charge >= 0.3 is 0 Å². The molecule has 0 aromatic carbocycles. The summed E-state index contributed by atoms with van der Waals surface area (Å²) in [5, 5.41) is 12.4. The lowest BCUT2D eigenvalue weighted by molar-refractivity contribution is 0.0203. The molecule has 1 radical (unpaired) electrons. The smallest absolute Gasteiger partial charge is 0.0958 e. The maximum Gasteiger partial charge on any atom is 0.0958 e. The molecule has 0 saturated carbocycles. The number of unbranched alkanes of at least 4 members (excludes halogenated alkanes) is 10. The molecule has 0 N–H and O–H groups in total. The summed E-state index contributed by atoms with van der Waals surface area (Å²) in [7, 11) is 0. The average molecular weight is 312 g/mol. The zero-order valence-corrected chi connectivity index (χ0v) is 15.9. The summed E-state index contributed by atoms with van der Waals surface area (Å²) >= 11 is 0. The molecule has 22 heavy (non-hydrogen) atoms. The van der Waals surface area contributed by atoms with Gasteiger partial charge in [0.05, 0.1) is 6.10 Å². The van der Waals surface area contributed by atoms with E-state index in [2.05, 4.69) is 20.8 Å². The Hall–Kier alpha value is -0.0400. The van der Waals surface area contributed by atoms with Gasteiger partial charge in [0.1, 0.15) is 0 Å². The first-order chi connectivity index (χ1) is 10.8. The monoisotopic (exact) mass is 311 g/mol. The van der Waals surface area contributed by atoms with Crippen molar-refractivity contribution in [1.82, 2.24) is 0 Å². The van der Waals surface area contributed by atoms with Crippen LogP contribution in [0.15, 0.2) is 0 Å². The summed E-state index contributed by atoms with van der Waals surface area (Å²) in [6, 6.07) is 0. The van der Waals surface area contributed by atoms with E-state index in [0.717, 1.165) is 12.8 Å². The van der Waals surface area contributed by atoms with E-state index >= 15 is 0 Å². The van der Waals surface area contributed by atoms with Gasteiger partial charge in [-0.15, -0.1) is 0 Å². The molecule has 133 valence electrons. The lowest BCUT2D eigenvalue weighted by Crippen LogP contribution is -2.19. The van der Waals surface area contributed by atoms with E-state index in [-0.39, 0.29) is 6.10 Å². The first-order valence-corrected chi connectivity index (χ1v) is 10.4. The Labute approximate surface area is 141 Å². The molecule has 0 heterocycles. The zero-order valence-electron chi connectivity index (χ0n) is 15.9. The SMILES string of the molecule is CCCCCCCCC(CCCCCCCC)C([O])CCC. The van der Waals surface area contributed by atoms with Crippen molar-refractivity contribution < 1.29 is 5.11 Å². The Morgan fingerprint density at radius 2 is 0.909 bits per heavy atom. The largest absolute Gasteiger partial charge is 0.233 e. The molecular weight excluding hydrogens is 268 g/mol. The van der Waals surface area contributed by atoms with Crippen LogP contribution in [-0.4, -0.2) is 6.10 Å². The van der Waals surface area contributed by atoms with Crippen molar-refractivity contribution in [1.29, 1.82) is 0 Å². The maximum absolute atomic E-state index is 12.4. The Morgan fingerprint density at radius 3 is 1.32 bits per heavy atom. The lowest BCUT2D eigenvalue weighted by Gasteiger charge is -2.21. The second-order valence-corrected chi connectivity index (χ2v) is 7.20. The van der Waals surface area contributed by atoms with Crippen LogP contribution in [0.2, 0.25) is 0 Å². The Balaban J connectivity index is 3.80. The van der Waals surface area contributed by atoms with Gasteiger partial charge in [0.25, 0.3) is 0 Å². The van der Waals surface area contributed by atoms with Crippen LogP contribution in [0.1, 0.15) is 124 Å². The van der Waals surface area contributed by atoms with Gasteiger partial charge in [0.2, 0.25) is 0 Å². The third kappa shape index (κ3) is 13.6. The number of rotatable bonds is 17. The van der Waals surface area contributed by atoms with Crippen molar-refractivity contribution in [2.75, 3.05) is 0 Å². The second kappa shape index (κ2) is 17.3. The van der Waals surface area contributed by atoms with E-state index in [0.29, 0.717) is 5.92 Å². The van der Waals surface area contributed by atoms with Gasteiger partial charge in [-0.25, -0.2) is 5.11 Å². The summed E-state index contributed by atoms with van der Waals surface area (Å²) < 4.78 is 0. The molecule has 0 saturated heterocycles. The van der Waals surface area contributed by atoms with Gasteiger partial charge < -0.3 is 0 Å². The van der Waals surface area contributed by atoms with Gasteiger partial charge in [0.15, 0.2) is 0 Å². The fourth-order valence-corrected chi connectivity index (χ4v) is 3.41. The quantitative estimate of drug-likeness (QED) is 0.245. The van der Waals surface area contributed by atoms with Crippen LogP contribution in [-0.2, 0) is 5.11 Å². The molecule has 0 aromatic rings. The van der Waals surface area contributed by atoms with Gasteiger partial charge in [-0.3, -0.25) is 0 Å². The van der Waals surface area contributed by atoms with Crippen molar-refractivity contribution in [2.24, 2.45) is 5.92 Å². The highest BCUT2D eigenvalue weighted by Crippen LogP contribution is 2.24. The molecule has 1 nitrogen and oxygen atoms in total. The molecule has 0 rings (SSSR count). The number of hydrogen-bond acceptors (Lipinski definition) is 0. The highest BCUT2D eigenvalue weighted by molar-refractivity contribution is 4.69. The van der Waals surface area contributed by atoms with Crippen molar-refractivity contribution in [3.05, 3.63) is 0 Å². The van der Waals surface area contributed by atoms with Crippen LogP contribution in [0, 0.1) is 5.92 Å². The molecule has 1 unspecified atom stereocenters. The van der Waals surface area contributed by atoms with Gasteiger partial charge in [-0.1, -0.05) is 104 Å². The summed E-state index contributed by atoms with van der Waals surface area (Å²) in [6.07, 6.45) is 20.2. The normalized spacial score (nSPS) is 13.0. The van der Waals surface area contributed by atoms with Crippen LogP contribution in [0.3, 0.4) is 0 Å². The predicted octanol–water partition coefficient (Wildman–Crippen LogP) is 7.70. The molecule has 0 aliphatic heterocycles. The Bertz CT molecular complexity index is 186. The summed E-state index contributed by atoms with van der Waals surface area (Å²) in [5.41, 5.74) is 0. The van der Waals surface area contributed by atoms with E-state index in [1.54, 1.807) is 0 Å². The minimum atomic E-state index is -0.295. The molecule has 1 atom stereocenters. The fraction of sp³-hybridized carbons (Fsp3) is 1.00. The van der Waals surface area contributed by atoms with E-state index in [1.165, 1.54) is 89.9 Å². The summed E-state index contributed by atoms with van der Waals surface area (Å²) in [6.45, 7) is 6.68. The van der Waals surface area contributed by atoms with Crippen LogP contribution >= 0.6 is 0 Å². The van der Waals surface area contributed by atoms with E-state index in [4.69, 9.17) is 0 Å². The van der Waals surface area contributed by atoms with Crippen LogP contribution in [0.5, 0.6) is 0 Å². The third-order valence-corrected chi connectivity index (χ3v) is 4.96. The van der Waals surface area contributed by atoms with Crippen molar-refractivity contribution in [2.45, 2.75) is 130 Å². The average Bonchev–Trinajstić information content (AvgIpc) is 2.52. The summed E-state index contributed by atoms with van der Waals surface area (Å²) in [4.78, 5) is 0. The summed E-state index contributed by atoms with van der Waals surface area (Å²) in [5.74, 6) is 0.456. The molecule has 0 bridgehead atoms. The standard InChI is InChI=1S/C21H43O/c1-4-7-9-11-13-15-18-20(21(22)17-6-3)19-16-14-12-10-8-5-2/h20-21H,4-19H2,1-3H3. The maximum atomic E-state index is 12.4. The molecule has 0 aliphatic rings. The van der Waals surface area contributed by atoms with E-state index < -0.39 is 0 Å². The lowest BCUT2D eigenvalue weighted by atomic mass is 9.87. The third-order valence-electron chi connectivity index (χ3n) is 4.96. The molecule has 0 spiro atoms. The minimum Gasteiger partial charge on any atom is -0.233 e. The highest BCUT2D eigenvalue weighted by atomic mass is 16.3. The highest BCUT2D eigenvalue weighted by Gasteiger charge is 2.19. The van der Waals surface area contributed by atoms with E-state index in [1.807, 2.05) is 0 Å². The first kappa shape index (κ1) is 22.0. The van der Waals surface area contributed by atoms with Crippen LogP contribution in [0.4, 0.5) is 0 Å². The molecule has 0 amide bonds. The van der Waals surface area contributed by atoms with Gasteiger partial charge in [0, 0.05) is 0 Å². The van der Waals surface area contributed by atoms with Crippen molar-refractivity contribution >= 4 is 0 Å². The van der Waals surface area contributed by atoms with Gasteiger partial charge in [-0.05, 0) is 25.2 Å². The zero-order chi connectivity index (χ0) is 16.5. The van der Waals surface area contributed by atoms with Crippen LogP contribution < -0.4 is 0 Å². The van der Waals surface area contributed by atoms with Crippen LogP contribution in [0.25, 0.3) is 0 Å². The van der Waals surface area contributed by atoms with Crippen molar-refractivity contribution in [3.63, 3.8) is 0 Å². The Kier molecular flexibility index (Phi) is 17.3. The van der Waals surface area contributed by atoms with E-state index in [9.17, 15) is 5.11 Å². The van der Waals surface area contributed by atoms with Gasteiger partial charge in [-0.2, -0.15) is 0 Å². The fourth-order valence-electron chi connectivity index (χ4n) is 3.41. The van der Waals surface area contributed by atoms with Crippen molar-refractivity contribution in [3.8, 4) is 0 Å². The Morgan fingerprint density at radius 1 is 0.500 bits per heavy atom. The molecule has 0 aliphatic carbocycles. The molecule has 0 fully saturated rings.